The summed E-state index contributed by atoms with van der Waals surface area (Å²) in [6.45, 7) is 4.60. The fourth-order valence-electron chi connectivity index (χ4n) is 2.02. The minimum absolute atomic E-state index is 0.0778. The molecule has 1 rings (SSSR count). The summed E-state index contributed by atoms with van der Waals surface area (Å²) in [5.41, 5.74) is 0.0522. The van der Waals surface area contributed by atoms with E-state index in [4.69, 9.17) is 49.0 Å². The summed E-state index contributed by atoms with van der Waals surface area (Å²) in [5.74, 6) is -1.41. The van der Waals surface area contributed by atoms with Gasteiger partial charge < -0.3 is 19.5 Å². The maximum absolute atomic E-state index is 12.3. The Morgan fingerprint density at radius 3 is 2.21 bits per heavy atom. The number of hydrogen-bond donors (Lipinski definition) is 1. The molecule has 0 radical (unpaired) electrons. The molecule has 162 valence electrons. The van der Waals surface area contributed by atoms with E-state index in [9.17, 15) is 14.4 Å². The van der Waals surface area contributed by atoms with Gasteiger partial charge in [-0.2, -0.15) is 0 Å². The second-order valence-corrected chi connectivity index (χ2v) is 9.62. The lowest BCUT2D eigenvalue weighted by Gasteiger charge is -2.23. The average molecular weight is 469 g/mol. The monoisotopic (exact) mass is 467 g/mol. The third-order valence-electron chi connectivity index (χ3n) is 3.23. The van der Waals surface area contributed by atoms with Crippen LogP contribution in [0.2, 0.25) is 0 Å². The van der Waals surface area contributed by atoms with Crippen LogP contribution >= 0.6 is 34.8 Å². The molecule has 0 aliphatic carbocycles. The Balaban J connectivity index is 2.62. The van der Waals surface area contributed by atoms with Crippen LogP contribution in [0.3, 0.4) is 0 Å². The van der Waals surface area contributed by atoms with Crippen molar-refractivity contribution in [3.05, 3.63) is 35.9 Å². The van der Waals surface area contributed by atoms with Crippen molar-refractivity contribution in [3.63, 3.8) is 0 Å². The number of rotatable bonds is 8. The Hall–Kier alpha value is -1.70. The number of alkyl halides is 3. The van der Waals surface area contributed by atoms with Crippen molar-refractivity contribution >= 4 is 52.8 Å². The number of halogens is 3. The minimum Gasteiger partial charge on any atom is -0.461 e. The number of carbonyl (C=O) groups is 3. The zero-order valence-corrected chi connectivity index (χ0v) is 18.6. The largest absolute Gasteiger partial charge is 0.461 e. The number of ether oxygens (including phenoxy) is 3. The SMILES string of the molecule is CC(C)(C)OC(=O)N[C@@H](CCC(=O)OCc1ccccc1)C(=O)OCC(Cl)(Cl)Cl. The van der Waals surface area contributed by atoms with Gasteiger partial charge in [-0.15, -0.1) is 0 Å². The van der Waals surface area contributed by atoms with E-state index in [1.54, 1.807) is 20.8 Å². The Morgan fingerprint density at radius 2 is 1.66 bits per heavy atom. The number of benzene rings is 1. The molecule has 0 unspecified atom stereocenters. The molecule has 1 atom stereocenters. The zero-order chi connectivity index (χ0) is 22.1. The molecular formula is C19H24Cl3NO6. The van der Waals surface area contributed by atoms with Crippen molar-refractivity contribution in [2.45, 2.75) is 55.7 Å². The van der Waals surface area contributed by atoms with E-state index in [2.05, 4.69) is 5.32 Å². The average Bonchev–Trinajstić information content (AvgIpc) is 2.60. The molecule has 0 fully saturated rings. The standard InChI is InChI=1S/C19H24Cl3NO6/c1-18(2,3)29-17(26)23-14(16(25)28-12-19(20,21)22)9-10-15(24)27-11-13-7-5-4-6-8-13/h4-8,14H,9-12H2,1-3H3,(H,23,26)/t14-/m0/s1. The summed E-state index contributed by atoms with van der Waals surface area (Å²) >= 11 is 16.7. The van der Waals surface area contributed by atoms with Crippen LogP contribution in [0.25, 0.3) is 0 Å². The molecule has 1 aromatic rings. The van der Waals surface area contributed by atoms with E-state index in [1.807, 2.05) is 30.3 Å². The molecule has 29 heavy (non-hydrogen) atoms. The summed E-state index contributed by atoms with van der Waals surface area (Å²) in [4.78, 5) is 36.3. The topological polar surface area (TPSA) is 90.9 Å². The first kappa shape index (κ1) is 25.3. The second-order valence-electron chi connectivity index (χ2n) is 7.11. The highest BCUT2D eigenvalue weighted by Crippen LogP contribution is 2.26. The fraction of sp³-hybridized carbons (Fsp3) is 0.526. The first-order valence-corrected chi connectivity index (χ1v) is 9.91. The van der Waals surface area contributed by atoms with Crippen molar-refractivity contribution < 1.29 is 28.6 Å². The lowest BCUT2D eigenvalue weighted by Crippen LogP contribution is -2.45. The molecule has 7 nitrogen and oxygen atoms in total. The van der Waals surface area contributed by atoms with E-state index < -0.39 is 40.1 Å². The van der Waals surface area contributed by atoms with E-state index in [0.29, 0.717) is 0 Å². The number of carbonyl (C=O) groups excluding carboxylic acids is 3. The third kappa shape index (κ3) is 12.5. The maximum Gasteiger partial charge on any atom is 0.408 e. The van der Waals surface area contributed by atoms with E-state index in [-0.39, 0.29) is 19.4 Å². The highest BCUT2D eigenvalue weighted by atomic mass is 35.6. The molecule has 1 amide bonds. The van der Waals surface area contributed by atoms with Gasteiger partial charge in [-0.1, -0.05) is 65.1 Å². The van der Waals surface area contributed by atoms with Crippen LogP contribution in [0.4, 0.5) is 4.79 Å². The summed E-state index contributed by atoms with van der Waals surface area (Å²) < 4.78 is 13.4. The summed E-state index contributed by atoms with van der Waals surface area (Å²) in [7, 11) is 0. The van der Waals surface area contributed by atoms with Gasteiger partial charge in [0.25, 0.3) is 0 Å². The van der Waals surface area contributed by atoms with Gasteiger partial charge in [-0.25, -0.2) is 9.59 Å². The van der Waals surface area contributed by atoms with Gasteiger partial charge in [0.05, 0.1) is 0 Å². The molecule has 0 spiro atoms. The van der Waals surface area contributed by atoms with Gasteiger partial charge in [0.15, 0.2) is 0 Å². The van der Waals surface area contributed by atoms with Crippen LogP contribution in [0.1, 0.15) is 39.2 Å². The number of hydrogen-bond acceptors (Lipinski definition) is 6. The molecule has 0 aromatic heterocycles. The molecule has 0 aliphatic heterocycles. The summed E-state index contributed by atoms with van der Waals surface area (Å²) in [5, 5.41) is 2.37. The minimum atomic E-state index is -1.80. The van der Waals surface area contributed by atoms with Gasteiger partial charge in [0.1, 0.15) is 24.9 Å². The highest BCUT2D eigenvalue weighted by Gasteiger charge is 2.29. The number of amides is 1. The smallest absolute Gasteiger partial charge is 0.408 e. The normalized spacial score (nSPS) is 12.6. The van der Waals surface area contributed by atoms with E-state index >= 15 is 0 Å². The van der Waals surface area contributed by atoms with Gasteiger partial charge in [0, 0.05) is 6.42 Å². The number of esters is 2. The molecule has 0 heterocycles. The van der Waals surface area contributed by atoms with Gasteiger partial charge in [0.2, 0.25) is 3.79 Å². The van der Waals surface area contributed by atoms with Crippen molar-refractivity contribution in [2.75, 3.05) is 6.61 Å². The third-order valence-corrected chi connectivity index (χ3v) is 3.56. The van der Waals surface area contributed by atoms with Crippen LogP contribution < -0.4 is 5.32 Å². The van der Waals surface area contributed by atoms with E-state index in [0.717, 1.165) is 5.56 Å². The predicted molar refractivity (Wildman–Crippen MR) is 110 cm³/mol. The lowest BCUT2D eigenvalue weighted by molar-refractivity contribution is -0.148. The molecule has 0 saturated carbocycles. The quantitative estimate of drug-likeness (QED) is 0.347. The van der Waals surface area contributed by atoms with Crippen LogP contribution in [-0.4, -0.2) is 40.1 Å². The van der Waals surface area contributed by atoms with E-state index in [1.165, 1.54) is 0 Å². The van der Waals surface area contributed by atoms with Crippen LogP contribution in [0.15, 0.2) is 30.3 Å². The number of alkyl carbamates (subject to hydrolysis) is 1. The first-order valence-electron chi connectivity index (χ1n) is 8.78. The molecule has 10 heteroatoms. The molecular weight excluding hydrogens is 445 g/mol. The molecule has 1 aromatic carbocycles. The second kappa shape index (κ2) is 11.5. The Kier molecular flexibility index (Phi) is 10.0. The van der Waals surface area contributed by atoms with Crippen molar-refractivity contribution in [2.24, 2.45) is 0 Å². The number of nitrogens with one attached hydrogen (secondary N) is 1. The van der Waals surface area contributed by atoms with Crippen LogP contribution in [-0.2, 0) is 30.4 Å². The van der Waals surface area contributed by atoms with Crippen molar-refractivity contribution in [1.29, 1.82) is 0 Å². The lowest BCUT2D eigenvalue weighted by atomic mass is 10.1. The summed E-state index contributed by atoms with van der Waals surface area (Å²) in [6, 6.07) is 7.94. The first-order chi connectivity index (χ1) is 13.4. The zero-order valence-electron chi connectivity index (χ0n) is 16.4. The molecule has 0 bridgehead atoms. The van der Waals surface area contributed by atoms with Crippen LogP contribution in [0, 0.1) is 0 Å². The molecule has 1 N–H and O–H groups in total. The Bertz CT molecular complexity index is 685. The highest BCUT2D eigenvalue weighted by molar-refractivity contribution is 6.67. The Labute approximate surface area is 184 Å². The van der Waals surface area contributed by atoms with Crippen molar-refractivity contribution in [1.82, 2.24) is 5.32 Å². The van der Waals surface area contributed by atoms with Crippen LogP contribution in [0.5, 0.6) is 0 Å². The van der Waals surface area contributed by atoms with Gasteiger partial charge in [-0.05, 0) is 32.8 Å². The summed E-state index contributed by atoms with van der Waals surface area (Å²) in [6.07, 6.45) is -1.06. The maximum atomic E-state index is 12.3. The fourth-order valence-corrected chi connectivity index (χ4v) is 2.19. The predicted octanol–water partition coefficient (Wildman–Crippen LogP) is 4.32. The molecule has 0 saturated heterocycles. The Morgan fingerprint density at radius 1 is 1.03 bits per heavy atom. The molecule has 0 aliphatic rings. The van der Waals surface area contributed by atoms with Gasteiger partial charge >= 0.3 is 18.0 Å². The van der Waals surface area contributed by atoms with Gasteiger partial charge in [-0.3, -0.25) is 4.79 Å². The van der Waals surface area contributed by atoms with Crippen molar-refractivity contribution in [3.8, 4) is 0 Å².